The van der Waals surface area contributed by atoms with Gasteiger partial charge >= 0.3 is 5.97 Å². The van der Waals surface area contributed by atoms with Gasteiger partial charge < -0.3 is 10.0 Å². The van der Waals surface area contributed by atoms with Crippen LogP contribution in [-0.4, -0.2) is 47.1 Å². The summed E-state index contributed by atoms with van der Waals surface area (Å²) in [5.41, 5.74) is 3.69. The van der Waals surface area contributed by atoms with E-state index >= 15 is 0 Å². The van der Waals surface area contributed by atoms with Crippen LogP contribution in [0.2, 0.25) is 0 Å². The monoisotopic (exact) mass is 350 g/mol. The van der Waals surface area contributed by atoms with Gasteiger partial charge in [-0.3, -0.25) is 4.90 Å². The molecule has 6 heteroatoms. The zero-order valence-corrected chi connectivity index (χ0v) is 15.1. The van der Waals surface area contributed by atoms with E-state index in [-0.39, 0.29) is 0 Å². The number of carbonyl (C=O) groups is 1. The highest BCUT2D eigenvalue weighted by Gasteiger charge is 2.22. The van der Waals surface area contributed by atoms with Gasteiger partial charge in [0, 0.05) is 38.4 Å². The summed E-state index contributed by atoms with van der Waals surface area (Å²) in [6.07, 6.45) is 0. The van der Waals surface area contributed by atoms with Crippen LogP contribution in [0.4, 0.5) is 5.82 Å². The molecule has 1 fully saturated rings. The predicted molar refractivity (Wildman–Crippen MR) is 99.3 cm³/mol. The molecule has 134 valence electrons. The maximum absolute atomic E-state index is 11.4. The fourth-order valence-electron chi connectivity index (χ4n) is 3.41. The number of aromatic nitrogens is 1. The van der Waals surface area contributed by atoms with Gasteiger partial charge in [-0.15, -0.1) is 0 Å². The number of rotatable bonds is 4. The maximum Gasteiger partial charge on any atom is 0.336 e. The first-order chi connectivity index (χ1) is 12.5. The molecule has 0 atom stereocenters. The lowest BCUT2D eigenvalue weighted by Crippen LogP contribution is -2.46. The molecular formula is C20H22N4O2. The molecule has 2 aromatic rings. The van der Waals surface area contributed by atoms with Crippen LogP contribution in [0.25, 0.3) is 0 Å². The van der Waals surface area contributed by atoms with Crippen molar-refractivity contribution in [3.63, 3.8) is 0 Å². The summed E-state index contributed by atoms with van der Waals surface area (Å²) >= 11 is 0. The highest BCUT2D eigenvalue weighted by atomic mass is 16.4. The molecule has 0 radical (unpaired) electrons. The van der Waals surface area contributed by atoms with Crippen LogP contribution in [0.3, 0.4) is 0 Å². The largest absolute Gasteiger partial charge is 0.478 e. The van der Waals surface area contributed by atoms with Crippen LogP contribution >= 0.6 is 0 Å². The van der Waals surface area contributed by atoms with E-state index in [1.807, 2.05) is 32.0 Å². The minimum absolute atomic E-state index is 0.359. The van der Waals surface area contributed by atoms with Crippen molar-refractivity contribution in [2.75, 3.05) is 31.1 Å². The van der Waals surface area contributed by atoms with Crippen LogP contribution in [0.1, 0.15) is 32.7 Å². The Balaban J connectivity index is 1.71. The lowest BCUT2D eigenvalue weighted by atomic mass is 10.1. The number of nitriles is 1. The summed E-state index contributed by atoms with van der Waals surface area (Å²) in [5.74, 6) is -0.132. The fraction of sp³-hybridized carbons (Fsp3) is 0.350. The molecule has 0 saturated carbocycles. The minimum Gasteiger partial charge on any atom is -0.478 e. The van der Waals surface area contributed by atoms with Gasteiger partial charge in [-0.05, 0) is 37.1 Å². The van der Waals surface area contributed by atoms with Crippen LogP contribution in [0.15, 0.2) is 30.3 Å². The smallest absolute Gasteiger partial charge is 0.336 e. The number of aromatic carboxylic acids is 1. The first-order valence-corrected chi connectivity index (χ1v) is 8.66. The molecule has 26 heavy (non-hydrogen) atoms. The third-order valence-corrected chi connectivity index (χ3v) is 4.75. The molecule has 0 amide bonds. The third kappa shape index (κ3) is 3.68. The number of pyridine rings is 1. The van der Waals surface area contributed by atoms with Crippen molar-refractivity contribution < 1.29 is 9.90 Å². The average molecular weight is 350 g/mol. The lowest BCUT2D eigenvalue weighted by molar-refractivity contribution is 0.0694. The van der Waals surface area contributed by atoms with Crippen LogP contribution in [0, 0.1) is 25.2 Å². The van der Waals surface area contributed by atoms with E-state index in [1.54, 1.807) is 12.1 Å². The van der Waals surface area contributed by atoms with E-state index in [0.29, 0.717) is 17.7 Å². The molecule has 1 N–H and O–H groups in total. The summed E-state index contributed by atoms with van der Waals surface area (Å²) in [5, 5.41) is 18.8. The van der Waals surface area contributed by atoms with Crippen molar-refractivity contribution in [3.05, 3.63) is 58.3 Å². The Morgan fingerprint density at radius 3 is 2.58 bits per heavy atom. The number of hydrogen-bond acceptors (Lipinski definition) is 5. The highest BCUT2D eigenvalue weighted by molar-refractivity contribution is 5.89. The number of carboxylic acid groups (broad SMARTS) is 1. The maximum atomic E-state index is 11.4. The van der Waals surface area contributed by atoms with Crippen molar-refractivity contribution in [2.45, 2.75) is 20.4 Å². The van der Waals surface area contributed by atoms with E-state index in [0.717, 1.165) is 48.8 Å². The second-order valence-electron chi connectivity index (χ2n) is 6.62. The summed E-state index contributed by atoms with van der Waals surface area (Å²) in [4.78, 5) is 20.3. The second-order valence-corrected chi connectivity index (χ2v) is 6.62. The van der Waals surface area contributed by atoms with Crippen molar-refractivity contribution in [2.24, 2.45) is 0 Å². The van der Waals surface area contributed by atoms with E-state index in [1.165, 1.54) is 0 Å². The number of nitrogens with zero attached hydrogens (tertiary/aromatic N) is 4. The second kappa shape index (κ2) is 7.54. The SMILES string of the molecule is Cc1cc(C)c(C#N)c(N2CCN(Cc3ccccc3C(=O)O)CC2)n1. The molecule has 0 bridgehead atoms. The Morgan fingerprint density at radius 1 is 1.23 bits per heavy atom. The topological polar surface area (TPSA) is 80.5 Å². The van der Waals surface area contributed by atoms with Gasteiger partial charge in [0.2, 0.25) is 0 Å². The number of aryl methyl sites for hydroxylation is 2. The standard InChI is InChI=1S/C20H22N4O2/c1-14-11-15(2)22-19(18(14)12-21)24-9-7-23(8-10-24)13-16-5-3-4-6-17(16)20(25)26/h3-6,11H,7-10,13H2,1-2H3,(H,25,26). The van der Waals surface area contributed by atoms with Gasteiger partial charge in [-0.25, -0.2) is 9.78 Å². The zero-order valence-electron chi connectivity index (χ0n) is 15.1. The van der Waals surface area contributed by atoms with Gasteiger partial charge in [0.15, 0.2) is 0 Å². The average Bonchev–Trinajstić information content (AvgIpc) is 2.62. The first kappa shape index (κ1) is 17.9. The molecular weight excluding hydrogens is 328 g/mol. The van der Waals surface area contributed by atoms with Crippen LogP contribution in [0.5, 0.6) is 0 Å². The quantitative estimate of drug-likeness (QED) is 0.913. The predicted octanol–water partition coefficient (Wildman–Crippen LogP) is 2.59. The van der Waals surface area contributed by atoms with Gasteiger partial charge in [0.25, 0.3) is 0 Å². The Hall–Kier alpha value is -2.91. The molecule has 2 heterocycles. The minimum atomic E-state index is -0.891. The third-order valence-electron chi connectivity index (χ3n) is 4.75. The van der Waals surface area contributed by atoms with E-state index < -0.39 is 5.97 Å². The lowest BCUT2D eigenvalue weighted by Gasteiger charge is -2.36. The summed E-state index contributed by atoms with van der Waals surface area (Å²) in [7, 11) is 0. The van der Waals surface area contributed by atoms with E-state index in [4.69, 9.17) is 0 Å². The molecule has 1 aromatic heterocycles. The zero-order chi connectivity index (χ0) is 18.7. The van der Waals surface area contributed by atoms with Crippen molar-refractivity contribution >= 4 is 11.8 Å². The molecule has 6 nitrogen and oxygen atoms in total. The Morgan fingerprint density at radius 2 is 1.92 bits per heavy atom. The molecule has 0 spiro atoms. The molecule has 0 aliphatic carbocycles. The highest BCUT2D eigenvalue weighted by Crippen LogP contribution is 2.23. The van der Waals surface area contributed by atoms with Gasteiger partial charge in [0.05, 0.1) is 11.1 Å². The molecule has 0 unspecified atom stereocenters. The van der Waals surface area contributed by atoms with E-state index in [9.17, 15) is 15.2 Å². The number of benzene rings is 1. The number of piperazine rings is 1. The normalized spacial score (nSPS) is 14.9. The Bertz CT molecular complexity index is 865. The molecule has 1 aromatic carbocycles. The van der Waals surface area contributed by atoms with E-state index in [2.05, 4.69) is 20.9 Å². The van der Waals surface area contributed by atoms with Crippen molar-refractivity contribution in [1.82, 2.24) is 9.88 Å². The van der Waals surface area contributed by atoms with Crippen LogP contribution < -0.4 is 4.90 Å². The summed E-state index contributed by atoms with van der Waals surface area (Å²) in [6, 6.07) is 11.3. The first-order valence-electron chi connectivity index (χ1n) is 8.66. The summed E-state index contributed by atoms with van der Waals surface area (Å²) < 4.78 is 0. The van der Waals surface area contributed by atoms with Gasteiger partial charge in [0.1, 0.15) is 11.9 Å². The summed E-state index contributed by atoms with van der Waals surface area (Å²) in [6.45, 7) is 7.62. The molecule has 1 aliphatic heterocycles. The van der Waals surface area contributed by atoms with Crippen molar-refractivity contribution in [1.29, 1.82) is 5.26 Å². The van der Waals surface area contributed by atoms with Gasteiger partial charge in [-0.1, -0.05) is 18.2 Å². The fourth-order valence-corrected chi connectivity index (χ4v) is 3.41. The molecule has 1 saturated heterocycles. The number of hydrogen-bond donors (Lipinski definition) is 1. The Kier molecular flexibility index (Phi) is 5.19. The van der Waals surface area contributed by atoms with Crippen LogP contribution in [-0.2, 0) is 6.54 Å². The number of carboxylic acids is 1. The van der Waals surface area contributed by atoms with Gasteiger partial charge in [-0.2, -0.15) is 5.26 Å². The molecule has 1 aliphatic rings. The van der Waals surface area contributed by atoms with Crippen molar-refractivity contribution in [3.8, 4) is 6.07 Å². The number of anilines is 1. The Labute approximate surface area is 153 Å². The molecule has 3 rings (SSSR count).